The first kappa shape index (κ1) is 19.1. The Balaban J connectivity index is 3.02. The van der Waals surface area contributed by atoms with Crippen LogP contribution in [0.2, 0.25) is 6.04 Å². The molecule has 0 heterocycles. The number of hydrogen-bond acceptors (Lipinski definition) is 3. The van der Waals surface area contributed by atoms with Gasteiger partial charge in [0.05, 0.1) is 0 Å². The summed E-state index contributed by atoms with van der Waals surface area (Å²) in [5, 5.41) is 0. The molecule has 0 aromatic heterocycles. The highest BCUT2D eigenvalue weighted by molar-refractivity contribution is 6.26. The molecule has 0 amide bonds. The van der Waals surface area contributed by atoms with Crippen LogP contribution in [-0.2, 0) is 13.9 Å². The smallest absolute Gasteiger partial charge is 0.161 e. The van der Waals surface area contributed by atoms with E-state index in [2.05, 4.69) is 6.92 Å². The van der Waals surface area contributed by atoms with Crippen molar-refractivity contribution in [2.45, 2.75) is 77.0 Å². The van der Waals surface area contributed by atoms with Gasteiger partial charge in [0.15, 0.2) is 16.1 Å². The summed E-state index contributed by atoms with van der Waals surface area (Å²) in [4.78, 5) is 0. The Hall–Kier alpha value is 0.0969. The second kappa shape index (κ2) is 16.2. The van der Waals surface area contributed by atoms with E-state index in [0.717, 1.165) is 13.0 Å². The fraction of sp³-hybridized carbons (Fsp3) is 1.00. The molecule has 0 rings (SSSR count). The van der Waals surface area contributed by atoms with E-state index in [1.54, 1.807) is 14.2 Å². The fourth-order valence-corrected chi connectivity index (χ4v) is 3.28. The number of unbranched alkanes of at least 4 members (excludes halogenated alkanes) is 7. The van der Waals surface area contributed by atoms with Gasteiger partial charge in [0.25, 0.3) is 0 Å². The molecule has 0 bridgehead atoms. The normalized spacial score (nSPS) is 12.0. The van der Waals surface area contributed by atoms with Crippen LogP contribution < -0.4 is 0 Å². The van der Waals surface area contributed by atoms with Crippen molar-refractivity contribution in [3.63, 3.8) is 0 Å². The van der Waals surface area contributed by atoms with Gasteiger partial charge in [0, 0.05) is 20.8 Å². The van der Waals surface area contributed by atoms with Gasteiger partial charge in [-0.15, -0.1) is 0 Å². The molecule has 0 atom stereocenters. The summed E-state index contributed by atoms with van der Waals surface area (Å²) in [6, 6.07) is 1.36. The van der Waals surface area contributed by atoms with Crippen molar-refractivity contribution in [3.8, 4) is 0 Å². The summed E-state index contributed by atoms with van der Waals surface area (Å²) in [7, 11) is 3.25. The van der Waals surface area contributed by atoms with Gasteiger partial charge in [-0.25, -0.2) is 0 Å². The molecule has 0 spiro atoms. The lowest BCUT2D eigenvalue weighted by molar-refractivity contribution is -0.107. The Kier molecular flexibility index (Phi) is 16.2. The van der Waals surface area contributed by atoms with Crippen LogP contribution in [0.5, 0.6) is 0 Å². The molecule has 116 valence electrons. The molecule has 0 unspecified atom stereocenters. The Bertz CT molecular complexity index is 163. The van der Waals surface area contributed by atoms with Crippen LogP contribution >= 0.6 is 0 Å². The van der Waals surface area contributed by atoms with E-state index in [9.17, 15) is 0 Å². The molecular weight excluding hydrogens is 256 g/mol. The summed E-state index contributed by atoms with van der Waals surface area (Å²) < 4.78 is 15.8. The zero-order valence-electron chi connectivity index (χ0n) is 13.3. The minimum absolute atomic E-state index is 0.00509. The lowest BCUT2D eigenvalue weighted by atomic mass is 10.1. The van der Waals surface area contributed by atoms with Crippen molar-refractivity contribution in [3.05, 3.63) is 0 Å². The Labute approximate surface area is 122 Å². The molecule has 0 aliphatic carbocycles. The van der Waals surface area contributed by atoms with E-state index in [1.165, 1.54) is 57.4 Å². The zero-order valence-corrected chi connectivity index (χ0v) is 14.7. The number of hydrogen-bond donors (Lipinski definition) is 0. The van der Waals surface area contributed by atoms with Gasteiger partial charge in [0.2, 0.25) is 0 Å². The Morgan fingerprint density at radius 2 is 1.32 bits per heavy atom. The van der Waals surface area contributed by atoms with E-state index in [0.29, 0.717) is 0 Å². The van der Waals surface area contributed by atoms with E-state index in [1.807, 2.05) is 0 Å². The zero-order chi connectivity index (χ0) is 14.2. The second-order valence-electron chi connectivity index (χ2n) is 5.07. The van der Waals surface area contributed by atoms with Crippen LogP contribution in [0.3, 0.4) is 0 Å². The second-order valence-corrected chi connectivity index (χ2v) is 6.59. The van der Waals surface area contributed by atoms with Crippen LogP contribution in [0.4, 0.5) is 0 Å². The first-order valence-corrected chi connectivity index (χ1v) is 9.56. The minimum atomic E-state index is -0.176. The van der Waals surface area contributed by atoms with Gasteiger partial charge in [-0.3, -0.25) is 0 Å². The molecule has 0 aromatic rings. The van der Waals surface area contributed by atoms with Gasteiger partial charge in [-0.2, -0.15) is 0 Å². The van der Waals surface area contributed by atoms with Crippen LogP contribution in [0.1, 0.15) is 64.7 Å². The molecule has 0 aliphatic heterocycles. The monoisotopic (exact) mass is 290 g/mol. The minimum Gasteiger partial charge on any atom is -0.424 e. The molecule has 0 saturated carbocycles. The van der Waals surface area contributed by atoms with Crippen molar-refractivity contribution in [1.82, 2.24) is 0 Å². The molecule has 0 aromatic carbocycles. The molecule has 4 heteroatoms. The molecular formula is C15H34O3Si. The van der Waals surface area contributed by atoms with Crippen molar-refractivity contribution >= 4 is 9.76 Å². The van der Waals surface area contributed by atoms with Gasteiger partial charge in [-0.1, -0.05) is 44.9 Å². The molecule has 19 heavy (non-hydrogen) atoms. The largest absolute Gasteiger partial charge is 0.424 e. The van der Waals surface area contributed by atoms with Crippen molar-refractivity contribution in [2.75, 3.05) is 20.8 Å². The van der Waals surface area contributed by atoms with Crippen molar-refractivity contribution < 1.29 is 13.9 Å². The summed E-state index contributed by atoms with van der Waals surface area (Å²) in [5.41, 5.74) is 0. The van der Waals surface area contributed by atoms with E-state index < -0.39 is 0 Å². The fourth-order valence-electron chi connectivity index (χ4n) is 2.23. The Morgan fingerprint density at radius 1 is 0.789 bits per heavy atom. The van der Waals surface area contributed by atoms with Gasteiger partial charge >= 0.3 is 0 Å². The molecule has 0 aliphatic rings. The maximum Gasteiger partial charge on any atom is 0.161 e. The SMILES string of the molecule is CCO[SiH2]CCCCCCCCCCC(OC)OC. The highest BCUT2D eigenvalue weighted by Crippen LogP contribution is 2.12. The quantitative estimate of drug-likeness (QED) is 0.262. The molecule has 3 nitrogen and oxygen atoms in total. The highest BCUT2D eigenvalue weighted by atomic mass is 28.2. The van der Waals surface area contributed by atoms with Crippen LogP contribution in [0.25, 0.3) is 0 Å². The van der Waals surface area contributed by atoms with Gasteiger partial charge in [-0.05, 0) is 25.8 Å². The van der Waals surface area contributed by atoms with Crippen LogP contribution in [-0.4, -0.2) is 36.9 Å². The number of rotatable bonds is 15. The topological polar surface area (TPSA) is 27.7 Å². The average molecular weight is 291 g/mol. The first-order chi connectivity index (χ1) is 9.35. The van der Waals surface area contributed by atoms with E-state index >= 15 is 0 Å². The average Bonchev–Trinajstić information content (AvgIpc) is 2.44. The van der Waals surface area contributed by atoms with E-state index in [-0.39, 0.29) is 16.1 Å². The highest BCUT2D eigenvalue weighted by Gasteiger charge is 2.03. The predicted octanol–water partition coefficient (Wildman–Crippen LogP) is 3.65. The molecule has 0 N–H and O–H groups in total. The Morgan fingerprint density at radius 3 is 1.84 bits per heavy atom. The maximum atomic E-state index is 5.46. The standard InChI is InChI=1S/C15H34O3Si/c1-4-18-19-14-12-10-8-6-5-7-9-11-13-15(16-2)17-3/h15H,4-14,19H2,1-3H3. The summed E-state index contributed by atoms with van der Waals surface area (Å²) in [5.74, 6) is 0. The lowest BCUT2D eigenvalue weighted by Crippen LogP contribution is -2.12. The van der Waals surface area contributed by atoms with Crippen molar-refractivity contribution in [1.29, 1.82) is 0 Å². The third-order valence-corrected chi connectivity index (χ3v) is 4.94. The summed E-state index contributed by atoms with van der Waals surface area (Å²) >= 11 is 0. The summed E-state index contributed by atoms with van der Waals surface area (Å²) in [6.45, 7) is 3.01. The summed E-state index contributed by atoms with van der Waals surface area (Å²) in [6.07, 6.45) is 11.9. The third kappa shape index (κ3) is 14.3. The lowest BCUT2D eigenvalue weighted by Gasteiger charge is -2.12. The van der Waals surface area contributed by atoms with E-state index in [4.69, 9.17) is 13.9 Å². The molecule has 0 radical (unpaired) electrons. The van der Waals surface area contributed by atoms with Gasteiger partial charge < -0.3 is 13.9 Å². The molecule has 0 fully saturated rings. The third-order valence-electron chi connectivity index (χ3n) is 3.46. The number of ether oxygens (including phenoxy) is 2. The molecule has 0 saturated heterocycles. The van der Waals surface area contributed by atoms with Crippen molar-refractivity contribution in [2.24, 2.45) is 0 Å². The van der Waals surface area contributed by atoms with Crippen LogP contribution in [0.15, 0.2) is 0 Å². The van der Waals surface area contributed by atoms with Gasteiger partial charge in [0.1, 0.15) is 0 Å². The number of methoxy groups -OCH3 is 2. The first-order valence-electron chi connectivity index (χ1n) is 7.98. The predicted molar refractivity (Wildman–Crippen MR) is 84.3 cm³/mol. The van der Waals surface area contributed by atoms with Crippen LogP contribution in [0, 0.1) is 0 Å². The maximum absolute atomic E-state index is 5.46.